The highest BCUT2D eigenvalue weighted by Gasteiger charge is 2.26. The van der Waals surface area contributed by atoms with Crippen LogP contribution in [0, 0.1) is 0 Å². The van der Waals surface area contributed by atoms with E-state index in [9.17, 15) is 4.79 Å². The molecule has 76 valence electrons. The highest BCUT2D eigenvalue weighted by Crippen LogP contribution is 2.19. The number of likely N-dealkylation sites (tertiary alicyclic amines) is 1. The average molecular weight is 184 g/mol. The van der Waals surface area contributed by atoms with Crippen LogP contribution in [0.2, 0.25) is 0 Å². The lowest BCUT2D eigenvalue weighted by molar-refractivity contribution is 0.191. The molecule has 0 aliphatic carbocycles. The van der Waals surface area contributed by atoms with E-state index in [1.165, 1.54) is 6.42 Å². The van der Waals surface area contributed by atoms with Crippen molar-refractivity contribution < 1.29 is 4.79 Å². The molecule has 1 unspecified atom stereocenters. The molecule has 0 aromatic carbocycles. The number of carbonyl (C=O) groups is 1. The lowest BCUT2D eigenvalue weighted by Gasteiger charge is -2.23. The third-order valence-electron chi connectivity index (χ3n) is 2.64. The summed E-state index contributed by atoms with van der Waals surface area (Å²) in [6, 6.07) is 0.614. The third-order valence-corrected chi connectivity index (χ3v) is 2.64. The zero-order valence-electron chi connectivity index (χ0n) is 8.68. The van der Waals surface area contributed by atoms with E-state index in [1.54, 1.807) is 0 Å². The van der Waals surface area contributed by atoms with E-state index in [0.29, 0.717) is 6.04 Å². The predicted molar refractivity (Wildman–Crippen MR) is 53.7 cm³/mol. The summed E-state index contributed by atoms with van der Waals surface area (Å²) in [5.74, 6) is 0. The first-order chi connectivity index (χ1) is 6.29. The minimum Gasteiger partial charge on any atom is -0.338 e. The molecule has 1 aliphatic rings. The van der Waals surface area contributed by atoms with Crippen molar-refractivity contribution in [2.24, 2.45) is 0 Å². The first kappa shape index (κ1) is 10.4. The van der Waals surface area contributed by atoms with Gasteiger partial charge in [-0.05, 0) is 25.7 Å². The van der Waals surface area contributed by atoms with Gasteiger partial charge in [0.2, 0.25) is 0 Å². The zero-order valence-corrected chi connectivity index (χ0v) is 8.68. The fourth-order valence-electron chi connectivity index (χ4n) is 1.86. The molecule has 1 heterocycles. The molecule has 3 heteroatoms. The monoisotopic (exact) mass is 184 g/mol. The van der Waals surface area contributed by atoms with Gasteiger partial charge in [-0.15, -0.1) is 0 Å². The quantitative estimate of drug-likeness (QED) is 0.714. The van der Waals surface area contributed by atoms with Crippen molar-refractivity contribution in [2.75, 3.05) is 13.1 Å². The van der Waals surface area contributed by atoms with Gasteiger partial charge in [0.1, 0.15) is 0 Å². The summed E-state index contributed by atoms with van der Waals surface area (Å²) in [6.45, 7) is 5.96. The van der Waals surface area contributed by atoms with Crippen LogP contribution in [-0.4, -0.2) is 30.1 Å². The molecule has 0 aromatic heterocycles. The number of hydrogen-bond acceptors (Lipinski definition) is 1. The molecule has 1 atom stereocenters. The van der Waals surface area contributed by atoms with Gasteiger partial charge in [0.05, 0.1) is 0 Å². The summed E-state index contributed by atoms with van der Waals surface area (Å²) in [5, 5.41) is 2.93. The molecule has 2 amide bonds. The zero-order chi connectivity index (χ0) is 9.68. The maximum atomic E-state index is 11.6. The average Bonchev–Trinajstić information content (AvgIpc) is 2.61. The summed E-state index contributed by atoms with van der Waals surface area (Å²) in [7, 11) is 0. The second-order valence-electron chi connectivity index (χ2n) is 3.63. The van der Waals surface area contributed by atoms with Crippen molar-refractivity contribution in [1.82, 2.24) is 10.2 Å². The van der Waals surface area contributed by atoms with Gasteiger partial charge in [-0.2, -0.15) is 0 Å². The lowest BCUT2D eigenvalue weighted by Crippen LogP contribution is -2.42. The fourth-order valence-corrected chi connectivity index (χ4v) is 1.86. The molecule has 0 saturated carbocycles. The van der Waals surface area contributed by atoms with Gasteiger partial charge in [-0.1, -0.05) is 13.8 Å². The molecule has 0 radical (unpaired) electrons. The van der Waals surface area contributed by atoms with Crippen molar-refractivity contribution >= 4 is 6.03 Å². The Hall–Kier alpha value is -0.730. The molecule has 0 bridgehead atoms. The van der Waals surface area contributed by atoms with E-state index in [1.807, 2.05) is 4.90 Å². The van der Waals surface area contributed by atoms with Gasteiger partial charge in [0.15, 0.2) is 0 Å². The van der Waals surface area contributed by atoms with Crippen molar-refractivity contribution in [1.29, 1.82) is 0 Å². The second kappa shape index (κ2) is 5.10. The van der Waals surface area contributed by atoms with Crippen LogP contribution < -0.4 is 5.32 Å². The third kappa shape index (κ3) is 2.61. The Kier molecular flexibility index (Phi) is 4.06. The summed E-state index contributed by atoms with van der Waals surface area (Å²) < 4.78 is 0. The van der Waals surface area contributed by atoms with Crippen LogP contribution in [0.15, 0.2) is 0 Å². The van der Waals surface area contributed by atoms with Crippen LogP contribution in [-0.2, 0) is 0 Å². The van der Waals surface area contributed by atoms with Gasteiger partial charge in [-0.3, -0.25) is 0 Å². The van der Waals surface area contributed by atoms with Crippen molar-refractivity contribution in [3.63, 3.8) is 0 Å². The summed E-state index contributed by atoms with van der Waals surface area (Å²) in [5.41, 5.74) is 0. The van der Waals surface area contributed by atoms with E-state index < -0.39 is 0 Å². The summed E-state index contributed by atoms with van der Waals surface area (Å²) in [4.78, 5) is 13.6. The molecule has 0 aromatic rings. The highest BCUT2D eigenvalue weighted by molar-refractivity contribution is 5.74. The SMILES string of the molecule is CCCNC(=O)N1CCCC1CC. The lowest BCUT2D eigenvalue weighted by atomic mass is 10.2. The Morgan fingerprint density at radius 3 is 2.92 bits per heavy atom. The molecule has 1 rings (SSSR count). The Morgan fingerprint density at radius 2 is 2.31 bits per heavy atom. The van der Waals surface area contributed by atoms with Crippen molar-refractivity contribution in [3.8, 4) is 0 Å². The van der Waals surface area contributed by atoms with Crippen LogP contribution in [0.1, 0.15) is 39.5 Å². The summed E-state index contributed by atoms with van der Waals surface area (Å²) in [6.07, 6.45) is 4.43. The van der Waals surface area contributed by atoms with Crippen LogP contribution in [0.25, 0.3) is 0 Å². The Morgan fingerprint density at radius 1 is 1.54 bits per heavy atom. The van der Waals surface area contributed by atoms with Crippen LogP contribution >= 0.6 is 0 Å². The molecule has 1 saturated heterocycles. The van der Waals surface area contributed by atoms with E-state index in [4.69, 9.17) is 0 Å². The Labute approximate surface area is 80.5 Å². The smallest absolute Gasteiger partial charge is 0.317 e. The molecule has 0 spiro atoms. The first-order valence-electron chi connectivity index (χ1n) is 5.34. The minimum absolute atomic E-state index is 0.131. The fraction of sp³-hybridized carbons (Fsp3) is 0.900. The van der Waals surface area contributed by atoms with E-state index >= 15 is 0 Å². The van der Waals surface area contributed by atoms with Crippen LogP contribution in [0.3, 0.4) is 0 Å². The number of hydrogen-bond donors (Lipinski definition) is 1. The van der Waals surface area contributed by atoms with Crippen LogP contribution in [0.5, 0.6) is 0 Å². The standard InChI is InChI=1S/C10H20N2O/c1-3-7-11-10(13)12-8-5-6-9(12)4-2/h9H,3-8H2,1-2H3,(H,11,13). The number of rotatable bonds is 3. The van der Waals surface area contributed by atoms with Crippen LogP contribution in [0.4, 0.5) is 4.79 Å². The normalized spacial score (nSPS) is 22.0. The largest absolute Gasteiger partial charge is 0.338 e. The van der Waals surface area contributed by atoms with Gasteiger partial charge in [0, 0.05) is 19.1 Å². The molecule has 1 aliphatic heterocycles. The number of carbonyl (C=O) groups excluding carboxylic acids is 1. The van der Waals surface area contributed by atoms with Crippen molar-refractivity contribution in [3.05, 3.63) is 0 Å². The predicted octanol–water partition coefficient (Wildman–Crippen LogP) is 1.98. The van der Waals surface area contributed by atoms with Crippen molar-refractivity contribution in [2.45, 2.75) is 45.6 Å². The molecular weight excluding hydrogens is 164 g/mol. The number of nitrogens with zero attached hydrogens (tertiary/aromatic N) is 1. The summed E-state index contributed by atoms with van der Waals surface area (Å²) >= 11 is 0. The molecular formula is C10H20N2O. The molecule has 1 fully saturated rings. The number of amides is 2. The topological polar surface area (TPSA) is 32.3 Å². The maximum Gasteiger partial charge on any atom is 0.317 e. The first-order valence-corrected chi connectivity index (χ1v) is 5.34. The molecule has 3 nitrogen and oxygen atoms in total. The molecule has 13 heavy (non-hydrogen) atoms. The van der Waals surface area contributed by atoms with Gasteiger partial charge in [0.25, 0.3) is 0 Å². The van der Waals surface area contributed by atoms with Gasteiger partial charge in [-0.25, -0.2) is 4.79 Å². The van der Waals surface area contributed by atoms with Gasteiger partial charge < -0.3 is 10.2 Å². The number of nitrogens with one attached hydrogen (secondary N) is 1. The van der Waals surface area contributed by atoms with E-state index in [-0.39, 0.29) is 6.03 Å². The maximum absolute atomic E-state index is 11.6. The minimum atomic E-state index is 0.131. The molecule has 1 N–H and O–H groups in total. The second-order valence-corrected chi connectivity index (χ2v) is 3.63. The van der Waals surface area contributed by atoms with E-state index in [0.717, 1.165) is 32.4 Å². The highest BCUT2D eigenvalue weighted by atomic mass is 16.2. The Bertz CT molecular complexity index is 170. The Balaban J connectivity index is 2.36. The number of urea groups is 1. The van der Waals surface area contributed by atoms with E-state index in [2.05, 4.69) is 19.2 Å². The van der Waals surface area contributed by atoms with Gasteiger partial charge >= 0.3 is 6.03 Å².